The summed E-state index contributed by atoms with van der Waals surface area (Å²) in [6, 6.07) is 19.2. The smallest absolute Gasteiger partial charge is 0.264 e. The molecule has 0 fully saturated rings. The van der Waals surface area contributed by atoms with Crippen molar-refractivity contribution in [2.45, 2.75) is 50.5 Å². The molecule has 1 amide bonds. The summed E-state index contributed by atoms with van der Waals surface area (Å²) < 4.78 is 28.1. The van der Waals surface area contributed by atoms with Crippen LogP contribution in [0.1, 0.15) is 48.1 Å². The fourth-order valence-electron chi connectivity index (χ4n) is 4.30. The van der Waals surface area contributed by atoms with Crippen LogP contribution in [0, 0.1) is 6.92 Å². The van der Waals surface area contributed by atoms with Crippen LogP contribution >= 0.6 is 11.6 Å². The molecule has 0 saturated carbocycles. The molecule has 1 N–H and O–H groups in total. The number of aryl methyl sites for hydroxylation is 3. The van der Waals surface area contributed by atoms with Crippen molar-refractivity contribution in [3.8, 4) is 0 Å². The first-order valence-electron chi connectivity index (χ1n) is 11.5. The zero-order chi connectivity index (χ0) is 24.3. The molecule has 4 rings (SSSR count). The average molecular weight is 497 g/mol. The third-order valence-corrected chi connectivity index (χ3v) is 8.51. The van der Waals surface area contributed by atoms with Gasteiger partial charge in [0.25, 0.3) is 10.0 Å². The highest BCUT2D eigenvalue weighted by Gasteiger charge is 2.28. The Morgan fingerprint density at radius 1 is 1.00 bits per heavy atom. The van der Waals surface area contributed by atoms with E-state index in [1.165, 1.54) is 36.1 Å². The predicted molar refractivity (Wildman–Crippen MR) is 137 cm³/mol. The molecule has 5 nitrogen and oxygen atoms in total. The number of halogens is 1. The highest BCUT2D eigenvalue weighted by molar-refractivity contribution is 7.92. The summed E-state index contributed by atoms with van der Waals surface area (Å²) in [6.07, 6.45) is 4.55. The van der Waals surface area contributed by atoms with Crippen LogP contribution in [0.25, 0.3) is 0 Å². The second kappa shape index (κ2) is 10.2. The first-order valence-corrected chi connectivity index (χ1v) is 13.3. The molecule has 0 bridgehead atoms. The first kappa shape index (κ1) is 24.3. The maximum atomic E-state index is 13.5. The Morgan fingerprint density at radius 2 is 1.71 bits per heavy atom. The van der Waals surface area contributed by atoms with Gasteiger partial charge in [-0.3, -0.25) is 9.10 Å². The maximum Gasteiger partial charge on any atom is 0.264 e. The largest absolute Gasteiger partial charge is 0.348 e. The number of carbonyl (C=O) groups is 1. The molecule has 0 heterocycles. The fourth-order valence-corrected chi connectivity index (χ4v) is 5.90. The number of amides is 1. The number of rotatable bonds is 7. The van der Waals surface area contributed by atoms with E-state index in [9.17, 15) is 13.2 Å². The third kappa shape index (κ3) is 5.29. The van der Waals surface area contributed by atoms with Crippen molar-refractivity contribution in [1.82, 2.24) is 5.32 Å². The lowest BCUT2D eigenvalue weighted by atomic mass is 9.89. The molecule has 3 aromatic rings. The minimum absolute atomic E-state index is 0.113. The van der Waals surface area contributed by atoms with Gasteiger partial charge in [-0.2, -0.15) is 0 Å². The predicted octanol–water partition coefficient (Wildman–Crippen LogP) is 5.60. The van der Waals surface area contributed by atoms with Crippen LogP contribution in [0.3, 0.4) is 0 Å². The molecule has 3 aromatic carbocycles. The summed E-state index contributed by atoms with van der Waals surface area (Å²) in [5.41, 5.74) is 4.91. The van der Waals surface area contributed by atoms with Gasteiger partial charge in [0.1, 0.15) is 6.54 Å². The maximum absolute atomic E-state index is 13.5. The number of carbonyl (C=O) groups excluding carboxylic acids is 1. The van der Waals surface area contributed by atoms with Gasteiger partial charge in [-0.05, 0) is 86.1 Å². The molecule has 0 aromatic heterocycles. The molecule has 34 heavy (non-hydrogen) atoms. The normalized spacial score (nSPS) is 14.2. The number of hydrogen-bond donors (Lipinski definition) is 1. The Kier molecular flexibility index (Phi) is 7.29. The monoisotopic (exact) mass is 496 g/mol. The fraction of sp³-hybridized carbons (Fsp3) is 0.296. The van der Waals surface area contributed by atoms with E-state index < -0.39 is 10.0 Å². The van der Waals surface area contributed by atoms with Crippen LogP contribution in [-0.4, -0.2) is 20.9 Å². The molecule has 0 spiro atoms. The molecule has 178 valence electrons. The van der Waals surface area contributed by atoms with Crippen LogP contribution in [0.4, 0.5) is 5.69 Å². The summed E-state index contributed by atoms with van der Waals surface area (Å²) in [7, 11) is -3.98. The highest BCUT2D eigenvalue weighted by atomic mass is 35.5. The van der Waals surface area contributed by atoms with E-state index in [4.69, 9.17) is 11.6 Å². The van der Waals surface area contributed by atoms with Gasteiger partial charge < -0.3 is 5.32 Å². The summed E-state index contributed by atoms with van der Waals surface area (Å²) in [5, 5.41) is 3.41. The number of hydrogen-bond acceptors (Lipinski definition) is 3. The SMILES string of the molecule is Cc1ccc(N(CC(=O)NC(C)c2ccc3c(c2)CCCC3)S(=O)(=O)c2ccccc2)cc1Cl. The molecular formula is C27H29ClN2O3S. The van der Waals surface area contributed by atoms with Gasteiger partial charge in [0.15, 0.2) is 0 Å². The molecule has 0 aliphatic heterocycles. The van der Waals surface area contributed by atoms with Crippen molar-refractivity contribution < 1.29 is 13.2 Å². The molecule has 1 unspecified atom stereocenters. The van der Waals surface area contributed by atoms with Crippen molar-refractivity contribution in [2.24, 2.45) is 0 Å². The third-order valence-electron chi connectivity index (χ3n) is 6.31. The number of nitrogens with one attached hydrogen (secondary N) is 1. The van der Waals surface area contributed by atoms with E-state index in [0.717, 1.165) is 28.3 Å². The Labute approximate surface area is 206 Å². The number of anilines is 1. The zero-order valence-corrected chi connectivity index (χ0v) is 21.0. The van der Waals surface area contributed by atoms with Crippen LogP contribution in [0.2, 0.25) is 5.02 Å². The molecule has 7 heteroatoms. The standard InChI is InChI=1S/C27H29ClN2O3S/c1-19-12-15-24(17-26(19)28)30(34(32,33)25-10-4-3-5-11-25)18-27(31)29-20(2)22-14-13-21-8-6-7-9-23(21)16-22/h3-5,10-17,20H,6-9,18H2,1-2H3,(H,29,31). The number of sulfonamides is 1. The number of fused-ring (bicyclic) bond motifs is 1. The molecular weight excluding hydrogens is 468 g/mol. The molecule has 0 saturated heterocycles. The Balaban J connectivity index is 1.58. The van der Waals surface area contributed by atoms with Crippen molar-refractivity contribution >= 4 is 33.2 Å². The quantitative estimate of drug-likeness (QED) is 0.463. The first-order chi connectivity index (χ1) is 16.3. The van der Waals surface area contributed by atoms with Gasteiger partial charge >= 0.3 is 0 Å². The topological polar surface area (TPSA) is 66.5 Å². The average Bonchev–Trinajstić information content (AvgIpc) is 2.84. The second-order valence-corrected chi connectivity index (χ2v) is 11.1. The second-order valence-electron chi connectivity index (χ2n) is 8.78. The van der Waals surface area contributed by atoms with Crippen LogP contribution < -0.4 is 9.62 Å². The molecule has 1 atom stereocenters. The van der Waals surface area contributed by atoms with Crippen LogP contribution in [0.5, 0.6) is 0 Å². The van der Waals surface area contributed by atoms with Crippen molar-refractivity contribution in [3.05, 3.63) is 94.0 Å². The van der Waals surface area contributed by atoms with Crippen molar-refractivity contribution in [2.75, 3.05) is 10.8 Å². The molecule has 1 aliphatic rings. The van der Waals surface area contributed by atoms with Crippen molar-refractivity contribution in [3.63, 3.8) is 0 Å². The van der Waals surface area contributed by atoms with E-state index in [2.05, 4.69) is 17.4 Å². The lowest BCUT2D eigenvalue weighted by Gasteiger charge is -2.26. The minimum atomic E-state index is -3.98. The van der Waals surface area contributed by atoms with E-state index in [-0.39, 0.29) is 23.4 Å². The van der Waals surface area contributed by atoms with E-state index >= 15 is 0 Å². The molecule has 0 radical (unpaired) electrons. The molecule has 1 aliphatic carbocycles. The number of benzene rings is 3. The summed E-state index contributed by atoms with van der Waals surface area (Å²) in [5.74, 6) is -0.388. The minimum Gasteiger partial charge on any atom is -0.348 e. The van der Waals surface area contributed by atoms with Crippen molar-refractivity contribution in [1.29, 1.82) is 0 Å². The van der Waals surface area contributed by atoms with Crippen LogP contribution in [-0.2, 0) is 27.7 Å². The van der Waals surface area contributed by atoms with Gasteiger partial charge in [-0.25, -0.2) is 8.42 Å². The summed E-state index contributed by atoms with van der Waals surface area (Å²) in [6.45, 7) is 3.41. The Hall–Kier alpha value is -2.83. The van der Waals surface area contributed by atoms with Crippen LogP contribution in [0.15, 0.2) is 71.6 Å². The number of nitrogens with zero attached hydrogens (tertiary/aromatic N) is 1. The van der Waals surface area contributed by atoms with E-state index in [1.807, 2.05) is 19.9 Å². The summed E-state index contributed by atoms with van der Waals surface area (Å²) in [4.78, 5) is 13.2. The lowest BCUT2D eigenvalue weighted by Crippen LogP contribution is -2.41. The highest BCUT2D eigenvalue weighted by Crippen LogP contribution is 2.28. The zero-order valence-electron chi connectivity index (χ0n) is 19.4. The van der Waals surface area contributed by atoms with Gasteiger partial charge in [0, 0.05) is 5.02 Å². The Morgan fingerprint density at radius 3 is 2.41 bits per heavy atom. The van der Waals surface area contributed by atoms with Gasteiger partial charge in [-0.1, -0.05) is 54.1 Å². The lowest BCUT2D eigenvalue weighted by molar-refractivity contribution is -0.120. The Bertz CT molecular complexity index is 1290. The van der Waals surface area contributed by atoms with E-state index in [0.29, 0.717) is 10.7 Å². The van der Waals surface area contributed by atoms with Gasteiger partial charge in [-0.15, -0.1) is 0 Å². The van der Waals surface area contributed by atoms with Gasteiger partial charge in [0.05, 0.1) is 16.6 Å². The van der Waals surface area contributed by atoms with E-state index in [1.54, 1.807) is 36.4 Å². The van der Waals surface area contributed by atoms with Gasteiger partial charge in [0.2, 0.25) is 5.91 Å². The summed E-state index contributed by atoms with van der Waals surface area (Å²) >= 11 is 6.29.